The van der Waals surface area contributed by atoms with Gasteiger partial charge >= 0.3 is 0 Å². The SMILES string of the molecule is CCn1ccnc1CC(C)(O)c1cncc(F)c1. The number of imidazole rings is 1. The molecule has 0 radical (unpaired) electrons. The van der Waals surface area contributed by atoms with Crippen molar-refractivity contribution < 1.29 is 9.50 Å². The van der Waals surface area contributed by atoms with Crippen molar-refractivity contribution in [3.8, 4) is 0 Å². The van der Waals surface area contributed by atoms with Crippen LogP contribution in [0.15, 0.2) is 30.9 Å². The van der Waals surface area contributed by atoms with Gasteiger partial charge in [-0.25, -0.2) is 9.37 Å². The quantitative estimate of drug-likeness (QED) is 0.900. The second-order valence-corrected chi connectivity index (χ2v) is 4.47. The number of halogens is 1. The lowest BCUT2D eigenvalue weighted by molar-refractivity contribution is 0.0539. The van der Waals surface area contributed by atoms with E-state index >= 15 is 0 Å². The number of nitrogens with zero attached hydrogens (tertiary/aromatic N) is 3. The third kappa shape index (κ3) is 2.56. The van der Waals surface area contributed by atoms with Gasteiger partial charge in [0.1, 0.15) is 11.6 Å². The Morgan fingerprint density at radius 1 is 1.44 bits per heavy atom. The molecule has 0 fully saturated rings. The summed E-state index contributed by atoms with van der Waals surface area (Å²) in [6, 6.07) is 1.30. The Bertz CT molecular complexity index is 537. The summed E-state index contributed by atoms with van der Waals surface area (Å²) in [5.41, 5.74) is -0.735. The van der Waals surface area contributed by atoms with E-state index in [0.717, 1.165) is 18.6 Å². The molecule has 0 aliphatic carbocycles. The third-order valence-corrected chi connectivity index (χ3v) is 2.97. The van der Waals surface area contributed by atoms with Crippen molar-refractivity contribution in [1.29, 1.82) is 0 Å². The van der Waals surface area contributed by atoms with Crippen LogP contribution in [0, 0.1) is 5.82 Å². The molecule has 2 aromatic rings. The van der Waals surface area contributed by atoms with E-state index < -0.39 is 11.4 Å². The Morgan fingerprint density at radius 2 is 2.22 bits per heavy atom. The van der Waals surface area contributed by atoms with Gasteiger partial charge in [-0.3, -0.25) is 4.98 Å². The van der Waals surface area contributed by atoms with Crippen LogP contribution in [0.3, 0.4) is 0 Å². The van der Waals surface area contributed by atoms with Crippen molar-refractivity contribution in [3.05, 3.63) is 48.1 Å². The van der Waals surface area contributed by atoms with E-state index in [1.165, 1.54) is 12.3 Å². The largest absolute Gasteiger partial charge is 0.385 e. The first-order valence-corrected chi connectivity index (χ1v) is 5.86. The van der Waals surface area contributed by atoms with Gasteiger partial charge in [0, 0.05) is 37.1 Å². The van der Waals surface area contributed by atoms with Gasteiger partial charge in [-0.2, -0.15) is 0 Å². The summed E-state index contributed by atoms with van der Waals surface area (Å²) >= 11 is 0. The summed E-state index contributed by atoms with van der Waals surface area (Å²) in [4.78, 5) is 7.97. The van der Waals surface area contributed by atoms with Crippen molar-refractivity contribution >= 4 is 0 Å². The average Bonchev–Trinajstić information content (AvgIpc) is 2.75. The molecule has 1 unspecified atom stereocenters. The molecule has 1 N–H and O–H groups in total. The summed E-state index contributed by atoms with van der Waals surface area (Å²) in [5.74, 6) is 0.318. The lowest BCUT2D eigenvalue weighted by Crippen LogP contribution is -2.26. The number of hydrogen-bond donors (Lipinski definition) is 1. The maximum atomic E-state index is 13.1. The maximum absolute atomic E-state index is 13.1. The molecular formula is C13H16FN3O. The number of rotatable bonds is 4. The van der Waals surface area contributed by atoms with Crippen LogP contribution in [-0.4, -0.2) is 19.6 Å². The van der Waals surface area contributed by atoms with Crippen LogP contribution in [-0.2, 0) is 18.6 Å². The highest BCUT2D eigenvalue weighted by Gasteiger charge is 2.26. The van der Waals surface area contributed by atoms with Gasteiger partial charge in [0.25, 0.3) is 0 Å². The van der Waals surface area contributed by atoms with E-state index in [2.05, 4.69) is 9.97 Å². The van der Waals surface area contributed by atoms with Gasteiger partial charge in [0.15, 0.2) is 0 Å². The highest BCUT2D eigenvalue weighted by molar-refractivity contribution is 5.20. The zero-order chi connectivity index (χ0) is 13.2. The molecule has 4 nitrogen and oxygen atoms in total. The van der Waals surface area contributed by atoms with Crippen molar-refractivity contribution in [1.82, 2.24) is 14.5 Å². The second-order valence-electron chi connectivity index (χ2n) is 4.47. The Balaban J connectivity index is 2.26. The Labute approximate surface area is 105 Å². The van der Waals surface area contributed by atoms with E-state index in [1.807, 2.05) is 17.7 Å². The summed E-state index contributed by atoms with van der Waals surface area (Å²) in [5, 5.41) is 10.4. The van der Waals surface area contributed by atoms with Crippen LogP contribution in [0.5, 0.6) is 0 Å². The highest BCUT2D eigenvalue weighted by Crippen LogP contribution is 2.24. The Kier molecular flexibility index (Phi) is 3.43. The average molecular weight is 249 g/mol. The van der Waals surface area contributed by atoms with Gasteiger partial charge in [-0.15, -0.1) is 0 Å². The molecule has 0 amide bonds. The number of aryl methyl sites for hydroxylation is 1. The fraction of sp³-hybridized carbons (Fsp3) is 0.385. The number of pyridine rings is 1. The summed E-state index contributed by atoms with van der Waals surface area (Å²) < 4.78 is 15.1. The topological polar surface area (TPSA) is 50.9 Å². The molecule has 0 aromatic carbocycles. The van der Waals surface area contributed by atoms with Gasteiger partial charge in [-0.1, -0.05) is 0 Å². The van der Waals surface area contributed by atoms with Gasteiger partial charge in [0.2, 0.25) is 0 Å². The van der Waals surface area contributed by atoms with E-state index in [-0.39, 0.29) is 0 Å². The molecule has 0 aliphatic rings. The summed E-state index contributed by atoms with van der Waals surface area (Å²) in [7, 11) is 0. The molecular weight excluding hydrogens is 233 g/mol. The highest BCUT2D eigenvalue weighted by atomic mass is 19.1. The number of hydrogen-bond acceptors (Lipinski definition) is 3. The molecule has 96 valence electrons. The van der Waals surface area contributed by atoms with Gasteiger partial charge in [-0.05, 0) is 19.9 Å². The van der Waals surface area contributed by atoms with Crippen molar-refractivity contribution in [2.24, 2.45) is 0 Å². The number of aromatic nitrogens is 3. The van der Waals surface area contributed by atoms with E-state index in [4.69, 9.17) is 0 Å². The number of aliphatic hydroxyl groups is 1. The molecule has 2 aromatic heterocycles. The molecule has 1 atom stereocenters. The maximum Gasteiger partial charge on any atom is 0.141 e. The van der Waals surface area contributed by atoms with Crippen LogP contribution >= 0.6 is 0 Å². The fourth-order valence-corrected chi connectivity index (χ4v) is 1.91. The van der Waals surface area contributed by atoms with E-state index in [9.17, 15) is 9.50 Å². The van der Waals surface area contributed by atoms with E-state index in [0.29, 0.717) is 12.0 Å². The van der Waals surface area contributed by atoms with E-state index in [1.54, 1.807) is 13.1 Å². The minimum absolute atomic E-state index is 0.318. The lowest BCUT2D eigenvalue weighted by Gasteiger charge is -2.23. The van der Waals surface area contributed by atoms with Crippen LogP contribution in [0.25, 0.3) is 0 Å². The standard InChI is InChI=1S/C13H16FN3O/c1-3-17-5-4-16-12(17)7-13(2,18)10-6-11(14)9-15-8-10/h4-6,8-9,18H,3,7H2,1-2H3. The first kappa shape index (κ1) is 12.7. The predicted molar refractivity (Wildman–Crippen MR) is 65.4 cm³/mol. The van der Waals surface area contributed by atoms with Crippen molar-refractivity contribution in [2.45, 2.75) is 32.4 Å². The lowest BCUT2D eigenvalue weighted by atomic mass is 9.93. The van der Waals surface area contributed by atoms with Crippen molar-refractivity contribution in [3.63, 3.8) is 0 Å². The van der Waals surface area contributed by atoms with Crippen LogP contribution in [0.1, 0.15) is 25.2 Å². The predicted octanol–water partition coefficient (Wildman–Crippen LogP) is 1.89. The minimum atomic E-state index is -1.19. The first-order chi connectivity index (χ1) is 8.53. The summed E-state index contributed by atoms with van der Waals surface area (Å²) in [6.07, 6.45) is 6.46. The molecule has 5 heteroatoms. The first-order valence-electron chi connectivity index (χ1n) is 5.86. The zero-order valence-corrected chi connectivity index (χ0v) is 10.5. The minimum Gasteiger partial charge on any atom is -0.385 e. The van der Waals surface area contributed by atoms with Crippen molar-refractivity contribution in [2.75, 3.05) is 0 Å². The molecule has 2 rings (SSSR count). The van der Waals surface area contributed by atoms with Crippen LogP contribution in [0.4, 0.5) is 4.39 Å². The Morgan fingerprint density at radius 3 is 2.89 bits per heavy atom. The molecule has 0 spiro atoms. The fourth-order valence-electron chi connectivity index (χ4n) is 1.91. The molecule has 0 aliphatic heterocycles. The monoisotopic (exact) mass is 249 g/mol. The van der Waals surface area contributed by atoms with Crippen LogP contribution in [0.2, 0.25) is 0 Å². The third-order valence-electron chi connectivity index (χ3n) is 2.97. The second kappa shape index (κ2) is 4.86. The Hall–Kier alpha value is -1.75. The molecule has 18 heavy (non-hydrogen) atoms. The molecule has 0 saturated heterocycles. The van der Waals surface area contributed by atoms with Crippen LogP contribution < -0.4 is 0 Å². The van der Waals surface area contributed by atoms with Gasteiger partial charge in [0.05, 0.1) is 11.8 Å². The summed E-state index contributed by atoms with van der Waals surface area (Å²) in [6.45, 7) is 4.43. The molecule has 2 heterocycles. The zero-order valence-electron chi connectivity index (χ0n) is 10.5. The smallest absolute Gasteiger partial charge is 0.141 e. The molecule has 0 saturated carbocycles. The normalized spacial score (nSPS) is 14.4. The molecule has 0 bridgehead atoms. The van der Waals surface area contributed by atoms with Gasteiger partial charge < -0.3 is 9.67 Å².